The van der Waals surface area contributed by atoms with Gasteiger partial charge in [-0.15, -0.1) is 11.8 Å². The fraction of sp³-hybridized carbons (Fsp3) is 0.500. The van der Waals surface area contributed by atoms with E-state index in [1.807, 2.05) is 27.0 Å². The SMILES string of the molecule is CC.CSc1nc2c(F)c(-c3cccc(Cl)c3Cl)c(CCC#N)cc2c(N(C(=O)OC(C)(C)C)C2CCN(C(=O)OC(C)(C)C)C2)c1C. The predicted octanol–water partition coefficient (Wildman–Crippen LogP) is 10.6. The summed E-state index contributed by atoms with van der Waals surface area (Å²) in [5, 5.41) is 10.8. The predicted molar refractivity (Wildman–Crippen MR) is 194 cm³/mol. The average Bonchev–Trinajstić information content (AvgIpc) is 3.48. The summed E-state index contributed by atoms with van der Waals surface area (Å²) in [6.07, 6.45) is 1.49. The molecule has 48 heavy (non-hydrogen) atoms. The maximum Gasteiger partial charge on any atom is 0.415 e. The first-order chi connectivity index (χ1) is 22.5. The number of anilines is 1. The summed E-state index contributed by atoms with van der Waals surface area (Å²) < 4.78 is 28.5. The van der Waals surface area contributed by atoms with Gasteiger partial charge in [0.15, 0.2) is 5.82 Å². The highest BCUT2D eigenvalue weighted by Crippen LogP contribution is 2.44. The molecule has 8 nitrogen and oxygen atoms in total. The van der Waals surface area contributed by atoms with Crippen molar-refractivity contribution in [2.45, 2.75) is 104 Å². The van der Waals surface area contributed by atoms with Crippen LogP contribution in [0.5, 0.6) is 0 Å². The summed E-state index contributed by atoms with van der Waals surface area (Å²) in [6, 6.07) is 8.39. The Morgan fingerprint density at radius 1 is 1.15 bits per heavy atom. The highest BCUT2D eigenvalue weighted by molar-refractivity contribution is 7.98. The first kappa shape index (κ1) is 39.2. The molecule has 0 saturated carbocycles. The molecule has 1 fully saturated rings. The lowest BCUT2D eigenvalue weighted by atomic mass is 9.92. The van der Waals surface area contributed by atoms with E-state index >= 15 is 4.39 Å². The summed E-state index contributed by atoms with van der Waals surface area (Å²) in [5.41, 5.74) is 0.688. The molecule has 0 spiro atoms. The van der Waals surface area contributed by atoms with Crippen LogP contribution in [0.15, 0.2) is 29.3 Å². The zero-order valence-electron chi connectivity index (χ0n) is 29.4. The number of likely N-dealkylation sites (tertiary alicyclic amines) is 1. The number of thioether (sulfide) groups is 1. The summed E-state index contributed by atoms with van der Waals surface area (Å²) in [7, 11) is 0. The molecule has 1 aliphatic rings. The zero-order chi connectivity index (χ0) is 36.1. The third-order valence-corrected chi connectivity index (χ3v) is 9.00. The Kier molecular flexibility index (Phi) is 13.0. The van der Waals surface area contributed by atoms with E-state index in [2.05, 4.69) is 6.07 Å². The molecule has 12 heteroatoms. The van der Waals surface area contributed by atoms with Crippen molar-refractivity contribution in [3.05, 3.63) is 51.3 Å². The lowest BCUT2D eigenvalue weighted by molar-refractivity contribution is 0.0287. The molecule has 2 aromatic carbocycles. The Hall–Kier alpha value is -3.26. The van der Waals surface area contributed by atoms with Gasteiger partial charge in [-0.3, -0.25) is 4.90 Å². The number of hydrogen-bond acceptors (Lipinski definition) is 7. The second-order valence-corrected chi connectivity index (χ2v) is 14.8. The summed E-state index contributed by atoms with van der Waals surface area (Å²) in [4.78, 5) is 35.0. The number of halogens is 3. The van der Waals surface area contributed by atoms with Crippen molar-refractivity contribution < 1.29 is 23.5 Å². The standard InChI is InChI=1S/C34H39Cl2FN4O4S.C2H6/c1-19-29(41(32(43)45-34(5,6)7)21-14-16-40(18-21)31(42)44-33(2,3)4)23-17-20(11-10-15-38)25(22-12-9-13-24(35)26(22)36)27(37)28(23)39-30(19)46-8;1-2/h9,12-13,17,21H,10-11,14,16,18H2,1-8H3;1-2H3. The molecule has 0 N–H and O–H groups in total. The lowest BCUT2D eigenvalue weighted by Crippen LogP contribution is -2.46. The Labute approximate surface area is 297 Å². The fourth-order valence-electron chi connectivity index (χ4n) is 5.53. The van der Waals surface area contributed by atoms with Crippen molar-refractivity contribution >= 4 is 63.7 Å². The molecular weight excluding hydrogens is 674 g/mol. The quantitative estimate of drug-likeness (QED) is 0.234. The Morgan fingerprint density at radius 3 is 2.38 bits per heavy atom. The minimum absolute atomic E-state index is 0.0345. The van der Waals surface area contributed by atoms with Crippen molar-refractivity contribution in [2.24, 2.45) is 0 Å². The van der Waals surface area contributed by atoms with Crippen molar-refractivity contribution in [1.29, 1.82) is 5.26 Å². The van der Waals surface area contributed by atoms with Crippen LogP contribution in [-0.4, -0.2) is 58.7 Å². The number of rotatable bonds is 6. The van der Waals surface area contributed by atoms with Crippen LogP contribution in [0.3, 0.4) is 0 Å². The largest absolute Gasteiger partial charge is 0.444 e. The van der Waals surface area contributed by atoms with Crippen LogP contribution in [0.25, 0.3) is 22.0 Å². The van der Waals surface area contributed by atoms with Crippen molar-refractivity contribution in [2.75, 3.05) is 24.2 Å². The van der Waals surface area contributed by atoms with E-state index in [9.17, 15) is 14.9 Å². The number of aromatic nitrogens is 1. The first-order valence-corrected chi connectivity index (χ1v) is 18.0. The molecule has 260 valence electrons. The van der Waals surface area contributed by atoms with Gasteiger partial charge < -0.3 is 14.4 Å². The number of pyridine rings is 1. The van der Waals surface area contributed by atoms with Crippen LogP contribution in [0, 0.1) is 24.1 Å². The maximum atomic E-state index is 17.0. The second kappa shape index (κ2) is 16.0. The number of ether oxygens (including phenoxy) is 2. The van der Waals surface area contributed by atoms with Gasteiger partial charge in [0.2, 0.25) is 0 Å². The number of amides is 2. The molecule has 0 radical (unpaired) electrons. The minimum atomic E-state index is -0.836. The summed E-state index contributed by atoms with van der Waals surface area (Å²) in [5.74, 6) is -0.642. The molecule has 3 aromatic rings. The van der Waals surface area contributed by atoms with Crippen LogP contribution in [0.2, 0.25) is 10.0 Å². The van der Waals surface area contributed by atoms with Gasteiger partial charge in [0.25, 0.3) is 0 Å². The number of benzene rings is 2. The maximum absolute atomic E-state index is 17.0. The van der Waals surface area contributed by atoms with E-state index in [1.165, 1.54) is 16.7 Å². The molecule has 0 aliphatic carbocycles. The number of nitriles is 1. The highest BCUT2D eigenvalue weighted by Gasteiger charge is 2.39. The van der Waals surface area contributed by atoms with E-state index in [0.29, 0.717) is 45.8 Å². The molecule has 1 aromatic heterocycles. The van der Waals surface area contributed by atoms with Gasteiger partial charge in [0, 0.05) is 41.6 Å². The van der Waals surface area contributed by atoms with Gasteiger partial charge in [-0.1, -0.05) is 49.2 Å². The molecule has 1 saturated heterocycles. The topological polar surface area (TPSA) is 95.8 Å². The molecule has 0 bridgehead atoms. The monoisotopic (exact) mass is 718 g/mol. The molecule has 2 amide bonds. The van der Waals surface area contributed by atoms with Crippen LogP contribution in [0.1, 0.15) is 79.4 Å². The molecular formula is C36H45Cl2FN4O4S. The summed E-state index contributed by atoms with van der Waals surface area (Å²) >= 11 is 14.2. The van der Waals surface area contributed by atoms with Gasteiger partial charge in [0.1, 0.15) is 21.7 Å². The molecule has 1 aliphatic heterocycles. The number of fused-ring (bicyclic) bond motifs is 1. The van der Waals surface area contributed by atoms with Gasteiger partial charge in [-0.2, -0.15) is 5.26 Å². The van der Waals surface area contributed by atoms with Crippen LogP contribution >= 0.6 is 35.0 Å². The summed E-state index contributed by atoms with van der Waals surface area (Å²) in [6.45, 7) is 17.1. The van der Waals surface area contributed by atoms with E-state index in [-0.39, 0.29) is 40.5 Å². The minimum Gasteiger partial charge on any atom is -0.444 e. The van der Waals surface area contributed by atoms with Gasteiger partial charge in [-0.05, 0) is 85.3 Å². The number of hydrogen-bond donors (Lipinski definition) is 0. The van der Waals surface area contributed by atoms with Gasteiger partial charge in [-0.25, -0.2) is 19.0 Å². The van der Waals surface area contributed by atoms with E-state index in [0.717, 1.165) is 0 Å². The van der Waals surface area contributed by atoms with Crippen molar-refractivity contribution in [1.82, 2.24) is 9.88 Å². The van der Waals surface area contributed by atoms with E-state index in [1.54, 1.807) is 70.7 Å². The molecule has 4 rings (SSSR count). The van der Waals surface area contributed by atoms with E-state index in [4.69, 9.17) is 37.7 Å². The Morgan fingerprint density at radius 2 is 1.79 bits per heavy atom. The lowest BCUT2D eigenvalue weighted by Gasteiger charge is -2.34. The van der Waals surface area contributed by atoms with E-state index < -0.39 is 35.2 Å². The number of carbonyl (C=O) groups is 2. The zero-order valence-corrected chi connectivity index (χ0v) is 31.7. The number of aryl methyl sites for hydroxylation is 1. The second-order valence-electron chi connectivity index (χ2n) is 13.2. The third-order valence-electron chi connectivity index (χ3n) is 7.40. The number of nitrogens with zero attached hydrogens (tertiary/aromatic N) is 4. The first-order valence-electron chi connectivity index (χ1n) is 16.0. The Bertz CT molecular complexity index is 1720. The highest BCUT2D eigenvalue weighted by atomic mass is 35.5. The molecule has 2 heterocycles. The normalized spacial score (nSPS) is 14.7. The average molecular weight is 720 g/mol. The molecule has 1 atom stereocenters. The van der Waals surface area contributed by atoms with Crippen molar-refractivity contribution in [3.63, 3.8) is 0 Å². The van der Waals surface area contributed by atoms with Crippen LogP contribution in [0.4, 0.5) is 19.7 Å². The Balaban J connectivity index is 0.00000307. The van der Waals surface area contributed by atoms with Gasteiger partial charge in [0.05, 0.1) is 27.8 Å². The van der Waals surface area contributed by atoms with Crippen molar-refractivity contribution in [3.8, 4) is 17.2 Å². The molecule has 1 unspecified atom stereocenters. The number of carbonyl (C=O) groups excluding carboxylic acids is 2. The van der Waals surface area contributed by atoms with Gasteiger partial charge >= 0.3 is 12.2 Å². The smallest absolute Gasteiger partial charge is 0.415 e. The van der Waals surface area contributed by atoms with Crippen LogP contribution in [-0.2, 0) is 15.9 Å². The third kappa shape index (κ3) is 8.85. The fourth-order valence-corrected chi connectivity index (χ4v) is 6.52. The van der Waals surface area contributed by atoms with Crippen LogP contribution < -0.4 is 4.90 Å².